The van der Waals surface area contributed by atoms with Gasteiger partial charge in [-0.25, -0.2) is 4.39 Å². The van der Waals surface area contributed by atoms with Crippen molar-refractivity contribution in [2.45, 2.75) is 39.0 Å². The Kier molecular flexibility index (Phi) is 4.63. The van der Waals surface area contributed by atoms with E-state index in [-0.39, 0.29) is 23.6 Å². The van der Waals surface area contributed by atoms with Crippen LogP contribution in [0.2, 0.25) is 0 Å². The van der Waals surface area contributed by atoms with Crippen LogP contribution in [0.4, 0.5) is 4.39 Å². The Morgan fingerprint density at radius 3 is 2.80 bits per heavy atom. The van der Waals surface area contributed by atoms with Crippen LogP contribution in [0, 0.1) is 17.7 Å². The second kappa shape index (κ2) is 6.25. The van der Waals surface area contributed by atoms with E-state index in [1.54, 1.807) is 6.07 Å². The highest BCUT2D eigenvalue weighted by molar-refractivity contribution is 5.73. The Bertz CT molecular complexity index is 487. The van der Waals surface area contributed by atoms with E-state index >= 15 is 0 Å². The number of carboxylic acids is 1. The Balaban J connectivity index is 2.14. The summed E-state index contributed by atoms with van der Waals surface area (Å²) >= 11 is 0. The molecule has 3 atom stereocenters. The number of hydrogen-bond acceptors (Lipinski definition) is 2. The van der Waals surface area contributed by atoms with Crippen LogP contribution in [-0.4, -0.2) is 17.7 Å². The topological polar surface area (TPSA) is 46.5 Å². The molecule has 1 N–H and O–H groups in total. The summed E-state index contributed by atoms with van der Waals surface area (Å²) in [6.07, 6.45) is 2.38. The summed E-state index contributed by atoms with van der Waals surface area (Å²) in [7, 11) is 0. The molecule has 0 saturated heterocycles. The van der Waals surface area contributed by atoms with Gasteiger partial charge < -0.3 is 9.84 Å². The molecule has 20 heavy (non-hydrogen) atoms. The van der Waals surface area contributed by atoms with Crippen LogP contribution in [0.5, 0.6) is 5.75 Å². The minimum atomic E-state index is -0.714. The SMILES string of the molecule is CCOc1ccc(F)cc1C(CC)CC1CC1C(=O)O. The van der Waals surface area contributed by atoms with Gasteiger partial charge in [0.2, 0.25) is 0 Å². The molecule has 0 bridgehead atoms. The van der Waals surface area contributed by atoms with Crippen LogP contribution in [0.25, 0.3) is 0 Å². The molecule has 1 aromatic rings. The monoisotopic (exact) mass is 280 g/mol. The predicted octanol–water partition coefficient (Wildman–Crippen LogP) is 3.83. The molecule has 0 amide bonds. The molecule has 1 fully saturated rings. The number of halogens is 1. The van der Waals surface area contributed by atoms with Crippen LogP contribution >= 0.6 is 0 Å². The van der Waals surface area contributed by atoms with Crippen molar-refractivity contribution in [3.8, 4) is 5.75 Å². The maximum Gasteiger partial charge on any atom is 0.306 e. The number of benzene rings is 1. The van der Waals surface area contributed by atoms with Crippen LogP contribution in [0.1, 0.15) is 44.6 Å². The third-order valence-electron chi connectivity index (χ3n) is 4.03. The fraction of sp³-hybridized carbons (Fsp3) is 0.562. The Morgan fingerprint density at radius 1 is 1.50 bits per heavy atom. The van der Waals surface area contributed by atoms with Gasteiger partial charge in [0.1, 0.15) is 11.6 Å². The van der Waals surface area contributed by atoms with Crippen molar-refractivity contribution in [2.75, 3.05) is 6.61 Å². The summed E-state index contributed by atoms with van der Waals surface area (Å²) in [5.74, 6) is -0.111. The first kappa shape index (κ1) is 14.8. The molecule has 4 heteroatoms. The molecule has 3 unspecified atom stereocenters. The van der Waals surface area contributed by atoms with E-state index in [2.05, 4.69) is 0 Å². The summed E-state index contributed by atoms with van der Waals surface area (Å²) in [4.78, 5) is 10.9. The van der Waals surface area contributed by atoms with Crippen molar-refractivity contribution in [1.29, 1.82) is 0 Å². The van der Waals surface area contributed by atoms with Crippen molar-refractivity contribution in [2.24, 2.45) is 11.8 Å². The molecule has 0 radical (unpaired) electrons. The highest BCUT2D eigenvalue weighted by Gasteiger charge is 2.44. The van der Waals surface area contributed by atoms with E-state index in [4.69, 9.17) is 9.84 Å². The van der Waals surface area contributed by atoms with Gasteiger partial charge in [-0.2, -0.15) is 0 Å². The molecule has 0 aromatic heterocycles. The molecular formula is C16H21FO3. The van der Waals surface area contributed by atoms with Gasteiger partial charge in [-0.3, -0.25) is 4.79 Å². The zero-order chi connectivity index (χ0) is 14.7. The lowest BCUT2D eigenvalue weighted by molar-refractivity contribution is -0.138. The van der Waals surface area contributed by atoms with Crippen LogP contribution in [-0.2, 0) is 4.79 Å². The quantitative estimate of drug-likeness (QED) is 0.825. The lowest BCUT2D eigenvalue weighted by Gasteiger charge is -2.19. The van der Waals surface area contributed by atoms with Crippen molar-refractivity contribution in [3.05, 3.63) is 29.6 Å². The fourth-order valence-electron chi connectivity index (χ4n) is 2.81. The largest absolute Gasteiger partial charge is 0.494 e. The van der Waals surface area contributed by atoms with Crippen molar-refractivity contribution in [1.82, 2.24) is 0 Å². The van der Waals surface area contributed by atoms with Crippen LogP contribution in [0.3, 0.4) is 0 Å². The first-order valence-corrected chi connectivity index (χ1v) is 7.21. The molecule has 1 aliphatic rings. The summed E-state index contributed by atoms with van der Waals surface area (Å²) < 4.78 is 19.1. The highest BCUT2D eigenvalue weighted by atomic mass is 19.1. The maximum atomic E-state index is 13.5. The molecule has 1 aliphatic carbocycles. The normalized spacial score (nSPS) is 22.4. The molecule has 110 valence electrons. The van der Waals surface area contributed by atoms with Crippen LogP contribution in [0.15, 0.2) is 18.2 Å². The first-order valence-electron chi connectivity index (χ1n) is 7.21. The van der Waals surface area contributed by atoms with Crippen molar-refractivity contribution >= 4 is 5.97 Å². The summed E-state index contributed by atoms with van der Waals surface area (Å²) in [6.45, 7) is 4.48. The van der Waals surface area contributed by atoms with E-state index in [1.165, 1.54) is 12.1 Å². The van der Waals surface area contributed by atoms with E-state index in [1.807, 2.05) is 13.8 Å². The second-order valence-electron chi connectivity index (χ2n) is 5.40. The average Bonchev–Trinajstić information content (AvgIpc) is 3.18. The number of ether oxygens (including phenoxy) is 1. The molecule has 3 nitrogen and oxygen atoms in total. The minimum absolute atomic E-state index is 0.154. The number of aliphatic carboxylic acids is 1. The fourth-order valence-corrected chi connectivity index (χ4v) is 2.81. The number of carboxylic acid groups (broad SMARTS) is 1. The molecule has 1 saturated carbocycles. The molecule has 0 spiro atoms. The van der Waals surface area contributed by atoms with Gasteiger partial charge in [0.05, 0.1) is 12.5 Å². The van der Waals surface area contributed by atoms with Crippen molar-refractivity contribution < 1.29 is 19.0 Å². The lowest BCUT2D eigenvalue weighted by atomic mass is 9.90. The second-order valence-corrected chi connectivity index (χ2v) is 5.40. The summed E-state index contributed by atoms with van der Waals surface area (Å²) in [5.41, 5.74) is 0.866. The smallest absolute Gasteiger partial charge is 0.306 e. The van der Waals surface area contributed by atoms with Gasteiger partial charge in [0, 0.05) is 5.56 Å². The van der Waals surface area contributed by atoms with Crippen LogP contribution < -0.4 is 4.74 Å². The number of rotatable bonds is 7. The number of hydrogen-bond donors (Lipinski definition) is 1. The van der Waals surface area contributed by atoms with Gasteiger partial charge in [-0.15, -0.1) is 0 Å². The Hall–Kier alpha value is -1.58. The molecular weight excluding hydrogens is 259 g/mol. The zero-order valence-electron chi connectivity index (χ0n) is 11.9. The van der Waals surface area contributed by atoms with E-state index in [0.717, 1.165) is 24.8 Å². The highest BCUT2D eigenvalue weighted by Crippen LogP contribution is 2.47. The Labute approximate surface area is 118 Å². The minimum Gasteiger partial charge on any atom is -0.494 e. The summed E-state index contributed by atoms with van der Waals surface area (Å²) in [5, 5.41) is 8.98. The predicted molar refractivity (Wildman–Crippen MR) is 74.5 cm³/mol. The third-order valence-corrected chi connectivity index (χ3v) is 4.03. The lowest BCUT2D eigenvalue weighted by Crippen LogP contribution is -2.06. The van der Waals surface area contributed by atoms with Gasteiger partial charge in [0.15, 0.2) is 0 Å². The Morgan fingerprint density at radius 2 is 2.25 bits per heavy atom. The van der Waals surface area contributed by atoms with E-state index in [0.29, 0.717) is 12.4 Å². The van der Waals surface area contributed by atoms with Gasteiger partial charge in [0.25, 0.3) is 0 Å². The molecule has 1 aromatic carbocycles. The summed E-state index contributed by atoms with van der Waals surface area (Å²) in [6, 6.07) is 4.59. The molecule has 0 heterocycles. The number of carbonyl (C=O) groups is 1. The molecule has 2 rings (SSSR count). The maximum absolute atomic E-state index is 13.5. The zero-order valence-corrected chi connectivity index (χ0v) is 11.9. The third kappa shape index (κ3) is 3.30. The molecule has 0 aliphatic heterocycles. The van der Waals surface area contributed by atoms with Gasteiger partial charge in [-0.05, 0) is 56.2 Å². The van der Waals surface area contributed by atoms with Crippen molar-refractivity contribution in [3.63, 3.8) is 0 Å². The standard InChI is InChI=1S/C16H21FO3/c1-3-10(7-11-8-14(11)16(18)19)13-9-12(17)5-6-15(13)20-4-2/h5-6,9-11,14H,3-4,7-8H2,1-2H3,(H,18,19). The van der Waals surface area contributed by atoms with E-state index in [9.17, 15) is 9.18 Å². The van der Waals surface area contributed by atoms with E-state index < -0.39 is 5.97 Å². The average molecular weight is 280 g/mol. The first-order chi connectivity index (χ1) is 9.56. The van der Waals surface area contributed by atoms with Gasteiger partial charge in [-0.1, -0.05) is 6.92 Å². The van der Waals surface area contributed by atoms with Gasteiger partial charge >= 0.3 is 5.97 Å².